The molecule has 0 bridgehead atoms. The number of nitrogens with two attached hydrogens (primary N) is 1. The van der Waals surface area contributed by atoms with Gasteiger partial charge in [-0.3, -0.25) is 0 Å². The third-order valence-corrected chi connectivity index (χ3v) is 4.34. The Hall–Kier alpha value is -3.29. The van der Waals surface area contributed by atoms with Crippen LogP contribution in [0.3, 0.4) is 0 Å². The summed E-state index contributed by atoms with van der Waals surface area (Å²) in [5, 5.41) is 15.3. The van der Waals surface area contributed by atoms with E-state index in [1.807, 2.05) is 0 Å². The summed E-state index contributed by atoms with van der Waals surface area (Å²) in [5.41, 5.74) is 5.65. The maximum atomic E-state index is 11.6. The van der Waals surface area contributed by atoms with Crippen LogP contribution in [0.1, 0.15) is 38.5 Å². The zero-order valence-corrected chi connectivity index (χ0v) is 18.6. The van der Waals surface area contributed by atoms with Crippen molar-refractivity contribution >= 4 is 35.7 Å². The van der Waals surface area contributed by atoms with E-state index in [1.54, 1.807) is 14.1 Å². The lowest BCUT2D eigenvalue weighted by molar-refractivity contribution is -0.132. The molecule has 0 atom stereocenters. The van der Waals surface area contributed by atoms with Crippen LogP contribution in [0.2, 0.25) is 0 Å². The van der Waals surface area contributed by atoms with Gasteiger partial charge in [0.05, 0.1) is 6.61 Å². The first-order valence-corrected chi connectivity index (χ1v) is 10.7. The molecule has 13 nitrogen and oxygen atoms in total. The number of rotatable bonds is 17. The molecular weight excluding hydrogens is 419 g/mol. The molecule has 0 unspecified atom stereocenters. The molecule has 0 saturated heterocycles. The number of unbranched alkanes of at least 4 members (excludes halogenated alkanes) is 4. The van der Waals surface area contributed by atoms with Gasteiger partial charge in [-0.1, -0.05) is 0 Å². The van der Waals surface area contributed by atoms with Gasteiger partial charge in [-0.2, -0.15) is 34.8 Å². The molecule has 0 radical (unpaired) electrons. The molecule has 0 aliphatic rings. The quantitative estimate of drug-likeness (QED) is 0.192. The number of halogens is 1. The number of nitrogens with one attached hydrogen (secondary N) is 5. The Bertz CT molecular complexity index is 797. The Balaban J connectivity index is 1.65. The number of anilines is 6. The second-order valence-corrected chi connectivity index (χ2v) is 6.86. The normalized spacial score (nSPS) is 10.6. The molecule has 0 amide bonds. The van der Waals surface area contributed by atoms with Gasteiger partial charge in [0.1, 0.15) is 0 Å². The first-order valence-electron chi connectivity index (χ1n) is 10.7. The smallest absolute Gasteiger partial charge is 0.229 e. The molecule has 0 saturated carbocycles. The molecule has 2 rings (SSSR count). The van der Waals surface area contributed by atoms with Gasteiger partial charge in [-0.05, 0) is 43.1 Å². The number of nitrogens with zero attached hydrogens (tertiary/aromatic N) is 6. The monoisotopic (exact) mass is 452 g/mol. The third kappa shape index (κ3) is 9.68. The number of aromatic nitrogens is 6. The van der Waals surface area contributed by atoms with Gasteiger partial charge < -0.3 is 32.3 Å². The van der Waals surface area contributed by atoms with Crippen molar-refractivity contribution in [2.24, 2.45) is 0 Å². The van der Waals surface area contributed by atoms with Gasteiger partial charge >= 0.3 is 0 Å². The zero-order chi connectivity index (χ0) is 23.0. The Kier molecular flexibility index (Phi) is 11.4. The molecule has 178 valence electrons. The lowest BCUT2D eigenvalue weighted by atomic mass is 10.2. The number of hydrogen-bond donors (Lipinski definition) is 6. The summed E-state index contributed by atoms with van der Waals surface area (Å²) in [4.78, 5) is 28.8. The Morgan fingerprint density at radius 3 is 1.53 bits per heavy atom. The van der Waals surface area contributed by atoms with Crippen molar-refractivity contribution < 1.29 is 9.47 Å². The van der Waals surface area contributed by atoms with Gasteiger partial charge in [0.25, 0.3) is 0 Å². The van der Waals surface area contributed by atoms with E-state index in [-0.39, 0.29) is 12.6 Å². The lowest BCUT2D eigenvalue weighted by Crippen LogP contribution is -2.13. The SMILES string of the molecule is CNc1nc(N)nc(NCCCCCNc2nc(NC)nc(NCCCCCOF)n2)n1. The molecular formula is C18H33FN12O. The maximum absolute atomic E-state index is 11.6. The van der Waals surface area contributed by atoms with Crippen LogP contribution in [0.15, 0.2) is 0 Å². The summed E-state index contributed by atoms with van der Waals surface area (Å²) < 4.78 is 11.6. The van der Waals surface area contributed by atoms with E-state index < -0.39 is 0 Å². The van der Waals surface area contributed by atoms with Crippen molar-refractivity contribution in [2.45, 2.75) is 38.5 Å². The molecule has 2 aromatic heterocycles. The molecule has 0 fully saturated rings. The average molecular weight is 453 g/mol. The van der Waals surface area contributed by atoms with Crippen molar-refractivity contribution in [2.75, 3.05) is 72.7 Å². The van der Waals surface area contributed by atoms with Gasteiger partial charge in [0.15, 0.2) is 0 Å². The number of nitrogen functional groups attached to an aromatic ring is 1. The highest BCUT2D eigenvalue weighted by molar-refractivity contribution is 5.42. The van der Waals surface area contributed by atoms with Crippen molar-refractivity contribution in [1.82, 2.24) is 29.9 Å². The fraction of sp³-hybridized carbons (Fsp3) is 0.667. The standard InChI is InChI=1S/C18H33FN12O/c1-21-14-26-13(20)27-16(28-14)23-9-5-3-6-10-24-17-29-15(22-2)30-18(31-17)25-11-7-4-8-12-32-19/h3-12H2,1-2H3,(H4,20,21,23,26,27,28)(H3,22,24,25,29,30,31). The molecule has 0 aliphatic carbocycles. The van der Waals surface area contributed by atoms with Crippen LogP contribution >= 0.6 is 0 Å². The second-order valence-electron chi connectivity index (χ2n) is 6.86. The van der Waals surface area contributed by atoms with E-state index in [9.17, 15) is 4.53 Å². The van der Waals surface area contributed by atoms with E-state index in [4.69, 9.17) is 5.73 Å². The van der Waals surface area contributed by atoms with Gasteiger partial charge in [0.2, 0.25) is 35.7 Å². The highest BCUT2D eigenvalue weighted by Gasteiger charge is 2.05. The van der Waals surface area contributed by atoms with Crippen LogP contribution in [-0.2, 0) is 4.94 Å². The zero-order valence-electron chi connectivity index (χ0n) is 18.6. The van der Waals surface area contributed by atoms with Crippen molar-refractivity contribution in [3.63, 3.8) is 0 Å². The Morgan fingerprint density at radius 2 is 1.03 bits per heavy atom. The van der Waals surface area contributed by atoms with Gasteiger partial charge in [-0.15, -0.1) is 0 Å². The summed E-state index contributed by atoms with van der Waals surface area (Å²) in [5.74, 6) is 2.56. The minimum atomic E-state index is 0.128. The molecule has 0 spiro atoms. The van der Waals surface area contributed by atoms with Crippen LogP contribution in [0, 0.1) is 0 Å². The number of hydrogen-bond acceptors (Lipinski definition) is 13. The molecule has 0 aliphatic heterocycles. The minimum absolute atomic E-state index is 0.128. The summed E-state index contributed by atoms with van der Waals surface area (Å²) in [6, 6.07) is 0. The fourth-order valence-corrected chi connectivity index (χ4v) is 2.71. The van der Waals surface area contributed by atoms with E-state index >= 15 is 0 Å². The molecule has 7 N–H and O–H groups in total. The first-order chi connectivity index (χ1) is 15.6. The topological polar surface area (TPSA) is 173 Å². The summed E-state index contributed by atoms with van der Waals surface area (Å²) in [6.07, 6.45) is 5.30. The van der Waals surface area contributed by atoms with Crippen molar-refractivity contribution in [3.8, 4) is 0 Å². The summed E-state index contributed by atoms with van der Waals surface area (Å²) >= 11 is 0. The predicted molar refractivity (Wildman–Crippen MR) is 123 cm³/mol. The van der Waals surface area contributed by atoms with Crippen molar-refractivity contribution in [3.05, 3.63) is 0 Å². The van der Waals surface area contributed by atoms with Crippen LogP contribution in [0.4, 0.5) is 40.2 Å². The Morgan fingerprint density at radius 1 is 0.625 bits per heavy atom. The molecule has 2 heterocycles. The first kappa shape index (κ1) is 25.0. The summed E-state index contributed by atoms with van der Waals surface area (Å²) in [6.45, 7) is 2.28. The minimum Gasteiger partial charge on any atom is -0.368 e. The van der Waals surface area contributed by atoms with Crippen LogP contribution in [-0.4, -0.2) is 70.2 Å². The highest BCUT2D eigenvalue weighted by Crippen LogP contribution is 2.10. The lowest BCUT2D eigenvalue weighted by Gasteiger charge is -2.10. The predicted octanol–water partition coefficient (Wildman–Crippen LogP) is 1.90. The van der Waals surface area contributed by atoms with E-state index in [1.165, 1.54) is 0 Å². The third-order valence-electron chi connectivity index (χ3n) is 4.34. The van der Waals surface area contributed by atoms with E-state index in [0.29, 0.717) is 42.7 Å². The summed E-state index contributed by atoms with van der Waals surface area (Å²) in [7, 11) is 3.48. The van der Waals surface area contributed by atoms with Gasteiger partial charge in [0, 0.05) is 33.7 Å². The second kappa shape index (κ2) is 14.7. The van der Waals surface area contributed by atoms with Crippen LogP contribution < -0.4 is 32.3 Å². The van der Waals surface area contributed by atoms with Gasteiger partial charge in [-0.25, -0.2) is 0 Å². The molecule has 14 heteroatoms. The van der Waals surface area contributed by atoms with Crippen molar-refractivity contribution in [1.29, 1.82) is 0 Å². The van der Waals surface area contributed by atoms with E-state index in [2.05, 4.69) is 61.4 Å². The van der Waals surface area contributed by atoms with Crippen LogP contribution in [0.5, 0.6) is 0 Å². The molecule has 0 aromatic carbocycles. The maximum Gasteiger partial charge on any atom is 0.229 e. The largest absolute Gasteiger partial charge is 0.368 e. The highest BCUT2D eigenvalue weighted by atomic mass is 19.3. The van der Waals surface area contributed by atoms with Crippen LogP contribution in [0.25, 0.3) is 0 Å². The molecule has 32 heavy (non-hydrogen) atoms. The van der Waals surface area contributed by atoms with E-state index in [0.717, 1.165) is 45.2 Å². The fourth-order valence-electron chi connectivity index (χ4n) is 2.71. The average Bonchev–Trinajstić information content (AvgIpc) is 2.80. The molecule has 2 aromatic rings. The Labute approximate surface area is 186 Å².